The average Bonchev–Trinajstić information content (AvgIpc) is 3.41. The maximum Gasteiger partial charge on any atom is 0.252 e. The van der Waals surface area contributed by atoms with E-state index < -0.39 is 0 Å². The van der Waals surface area contributed by atoms with E-state index in [4.69, 9.17) is 9.84 Å². The number of hydrogen-bond donors (Lipinski definition) is 1. The van der Waals surface area contributed by atoms with Gasteiger partial charge in [-0.05, 0) is 50.5 Å². The number of rotatable bonds is 6. The molecule has 2 aliphatic rings. The van der Waals surface area contributed by atoms with Crippen molar-refractivity contribution in [1.82, 2.24) is 25.1 Å². The first-order valence-electron chi connectivity index (χ1n) is 10.1. The van der Waals surface area contributed by atoms with Crippen LogP contribution in [0.15, 0.2) is 42.7 Å². The van der Waals surface area contributed by atoms with Crippen LogP contribution in [0.5, 0.6) is 5.88 Å². The molecule has 1 saturated carbocycles. The summed E-state index contributed by atoms with van der Waals surface area (Å²) >= 11 is 0. The molecule has 1 fully saturated rings. The Kier molecular flexibility index (Phi) is 4.50. The van der Waals surface area contributed by atoms with Crippen LogP contribution in [0.3, 0.4) is 0 Å². The van der Waals surface area contributed by atoms with Crippen LogP contribution >= 0.6 is 0 Å². The van der Waals surface area contributed by atoms with Crippen LogP contribution in [0.25, 0.3) is 11.3 Å². The number of nitrogens with one attached hydrogen (secondary N) is 1. The summed E-state index contributed by atoms with van der Waals surface area (Å²) in [5, 5.41) is 7.89. The Morgan fingerprint density at radius 3 is 2.86 bits per heavy atom. The second-order valence-corrected chi connectivity index (χ2v) is 7.55. The molecule has 0 radical (unpaired) electrons. The lowest BCUT2D eigenvalue weighted by Gasteiger charge is -2.12. The molecule has 4 heterocycles. The molecule has 0 saturated heterocycles. The molecule has 1 N–H and O–H groups in total. The number of aryl methyl sites for hydroxylation is 1. The van der Waals surface area contributed by atoms with Gasteiger partial charge in [0.05, 0.1) is 24.0 Å². The lowest BCUT2D eigenvalue weighted by atomic mass is 10.1. The summed E-state index contributed by atoms with van der Waals surface area (Å²) in [4.78, 5) is 21.3. The van der Waals surface area contributed by atoms with Gasteiger partial charge in [0.1, 0.15) is 0 Å². The SMILES string of the molecule is CCOc1cc(C(=O)N[C@H]2CCn3nc(-c4ccnc(C5CC5)c4)cc32)ccn1. The van der Waals surface area contributed by atoms with Crippen molar-refractivity contribution < 1.29 is 9.53 Å². The van der Waals surface area contributed by atoms with Crippen LogP contribution in [0.2, 0.25) is 0 Å². The minimum Gasteiger partial charge on any atom is -0.478 e. The van der Waals surface area contributed by atoms with Crippen LogP contribution in [-0.4, -0.2) is 32.3 Å². The van der Waals surface area contributed by atoms with Gasteiger partial charge in [0.15, 0.2) is 0 Å². The molecule has 1 aliphatic carbocycles. The van der Waals surface area contributed by atoms with E-state index in [0.717, 1.165) is 35.6 Å². The highest BCUT2D eigenvalue weighted by atomic mass is 16.5. The minimum absolute atomic E-state index is 0.0581. The topological polar surface area (TPSA) is 81.9 Å². The second-order valence-electron chi connectivity index (χ2n) is 7.55. The van der Waals surface area contributed by atoms with Crippen molar-refractivity contribution in [3.8, 4) is 17.1 Å². The molecular weight excluding hydrogens is 366 g/mol. The van der Waals surface area contributed by atoms with Gasteiger partial charge in [0.25, 0.3) is 5.91 Å². The fourth-order valence-electron chi connectivity index (χ4n) is 3.81. The molecule has 1 atom stereocenters. The lowest BCUT2D eigenvalue weighted by Crippen LogP contribution is -2.27. The summed E-state index contributed by atoms with van der Waals surface area (Å²) in [5.74, 6) is 0.941. The summed E-state index contributed by atoms with van der Waals surface area (Å²) < 4.78 is 7.39. The van der Waals surface area contributed by atoms with Gasteiger partial charge in [0, 0.05) is 47.7 Å². The first kappa shape index (κ1) is 17.8. The van der Waals surface area contributed by atoms with Gasteiger partial charge in [-0.2, -0.15) is 5.10 Å². The molecule has 0 aromatic carbocycles. The molecule has 3 aromatic rings. The maximum absolute atomic E-state index is 12.7. The maximum atomic E-state index is 12.7. The fourth-order valence-corrected chi connectivity index (χ4v) is 3.81. The van der Waals surface area contributed by atoms with Crippen molar-refractivity contribution >= 4 is 5.91 Å². The van der Waals surface area contributed by atoms with E-state index in [1.165, 1.54) is 12.8 Å². The Bertz CT molecular complexity index is 1060. The van der Waals surface area contributed by atoms with E-state index >= 15 is 0 Å². The van der Waals surface area contributed by atoms with Crippen LogP contribution in [0.1, 0.15) is 59.9 Å². The summed E-state index contributed by atoms with van der Waals surface area (Å²) in [7, 11) is 0. The van der Waals surface area contributed by atoms with E-state index in [9.17, 15) is 4.79 Å². The van der Waals surface area contributed by atoms with Crippen molar-refractivity contribution in [3.63, 3.8) is 0 Å². The molecular formula is C22H23N5O2. The molecule has 3 aromatic heterocycles. The summed E-state index contributed by atoms with van der Waals surface area (Å²) in [6.45, 7) is 3.20. The first-order valence-corrected chi connectivity index (χ1v) is 10.1. The molecule has 7 heteroatoms. The zero-order chi connectivity index (χ0) is 19.8. The van der Waals surface area contributed by atoms with Crippen molar-refractivity contribution in [1.29, 1.82) is 0 Å². The molecule has 7 nitrogen and oxygen atoms in total. The average molecular weight is 389 g/mol. The zero-order valence-corrected chi connectivity index (χ0v) is 16.3. The smallest absolute Gasteiger partial charge is 0.252 e. The highest BCUT2D eigenvalue weighted by Crippen LogP contribution is 2.40. The predicted octanol–water partition coefficient (Wildman–Crippen LogP) is 3.49. The predicted molar refractivity (Wildman–Crippen MR) is 108 cm³/mol. The van der Waals surface area contributed by atoms with Crippen molar-refractivity contribution in [2.24, 2.45) is 0 Å². The molecule has 148 valence electrons. The van der Waals surface area contributed by atoms with Gasteiger partial charge in [-0.3, -0.25) is 14.5 Å². The van der Waals surface area contributed by atoms with Crippen LogP contribution in [0.4, 0.5) is 0 Å². The van der Waals surface area contributed by atoms with Gasteiger partial charge in [-0.25, -0.2) is 4.98 Å². The Labute approximate surface area is 169 Å². The highest BCUT2D eigenvalue weighted by molar-refractivity contribution is 5.94. The van der Waals surface area contributed by atoms with Crippen molar-refractivity contribution in [2.75, 3.05) is 6.61 Å². The third-order valence-corrected chi connectivity index (χ3v) is 5.46. The molecule has 1 aliphatic heterocycles. The molecule has 0 spiro atoms. The monoisotopic (exact) mass is 389 g/mol. The second kappa shape index (κ2) is 7.31. The first-order chi connectivity index (χ1) is 14.2. The standard InChI is InChI=1S/C22H23N5O2/c1-2-29-21-12-16(6-9-24-21)22(28)25-17-7-10-27-20(17)13-19(26-27)15-5-8-23-18(11-15)14-3-4-14/h5-6,8-9,11-14,17H,2-4,7,10H2,1H3,(H,25,28)/t17-/m0/s1. The Hall–Kier alpha value is -3.22. The Balaban J connectivity index is 1.34. The van der Waals surface area contributed by atoms with E-state index in [2.05, 4.69) is 27.4 Å². The third kappa shape index (κ3) is 3.60. The number of hydrogen-bond acceptors (Lipinski definition) is 5. The zero-order valence-electron chi connectivity index (χ0n) is 16.3. The molecule has 5 rings (SSSR count). The third-order valence-electron chi connectivity index (χ3n) is 5.46. The van der Waals surface area contributed by atoms with E-state index in [1.54, 1.807) is 18.3 Å². The number of ether oxygens (including phenoxy) is 1. The van der Waals surface area contributed by atoms with Gasteiger partial charge < -0.3 is 10.1 Å². The summed E-state index contributed by atoms with van der Waals surface area (Å²) in [6, 6.07) is 9.55. The highest BCUT2D eigenvalue weighted by Gasteiger charge is 2.28. The van der Waals surface area contributed by atoms with Gasteiger partial charge in [-0.15, -0.1) is 0 Å². The molecule has 1 amide bonds. The quantitative estimate of drug-likeness (QED) is 0.698. The number of fused-ring (bicyclic) bond motifs is 1. The summed E-state index contributed by atoms with van der Waals surface area (Å²) in [5.41, 5.74) is 4.76. The number of amides is 1. The van der Waals surface area contributed by atoms with E-state index in [1.807, 2.05) is 23.9 Å². The van der Waals surface area contributed by atoms with Gasteiger partial charge in [0.2, 0.25) is 5.88 Å². The van der Waals surface area contributed by atoms with E-state index in [0.29, 0.717) is 24.0 Å². The van der Waals surface area contributed by atoms with Crippen LogP contribution < -0.4 is 10.1 Å². The molecule has 0 bridgehead atoms. The largest absolute Gasteiger partial charge is 0.478 e. The van der Waals surface area contributed by atoms with Gasteiger partial charge >= 0.3 is 0 Å². The Morgan fingerprint density at radius 1 is 1.17 bits per heavy atom. The van der Waals surface area contributed by atoms with Crippen molar-refractivity contribution in [3.05, 3.63) is 59.7 Å². The molecule has 29 heavy (non-hydrogen) atoms. The summed E-state index contributed by atoms with van der Waals surface area (Å²) in [6.07, 6.45) is 6.75. The Morgan fingerprint density at radius 2 is 2.03 bits per heavy atom. The number of aromatic nitrogens is 4. The lowest BCUT2D eigenvalue weighted by molar-refractivity contribution is 0.0936. The normalized spacial score (nSPS) is 17.8. The van der Waals surface area contributed by atoms with E-state index in [-0.39, 0.29) is 11.9 Å². The fraction of sp³-hybridized carbons (Fsp3) is 0.364. The number of pyridine rings is 2. The number of nitrogens with zero attached hydrogens (tertiary/aromatic N) is 4. The van der Waals surface area contributed by atoms with Crippen LogP contribution in [0, 0.1) is 0 Å². The number of carbonyl (C=O) groups excluding carboxylic acids is 1. The van der Waals surface area contributed by atoms with Crippen molar-refractivity contribution in [2.45, 2.75) is 44.7 Å². The number of carbonyl (C=O) groups is 1. The van der Waals surface area contributed by atoms with Crippen LogP contribution in [-0.2, 0) is 6.54 Å². The van der Waals surface area contributed by atoms with Gasteiger partial charge in [-0.1, -0.05) is 0 Å². The minimum atomic E-state index is -0.130. The molecule has 0 unspecified atom stereocenters.